The average Bonchev–Trinajstić information content (AvgIpc) is 2.26. The van der Waals surface area contributed by atoms with Crippen LogP contribution in [-0.4, -0.2) is 23.5 Å². The van der Waals surface area contributed by atoms with E-state index < -0.39 is 0 Å². The average molecular weight is 221 g/mol. The number of carbonyl (C=O) groups is 1. The van der Waals surface area contributed by atoms with Crippen LogP contribution in [-0.2, 0) is 11.2 Å². The van der Waals surface area contributed by atoms with Gasteiger partial charge in [0.1, 0.15) is 0 Å². The van der Waals surface area contributed by atoms with Crippen LogP contribution in [0.2, 0.25) is 0 Å². The maximum Gasteiger partial charge on any atom is 0.224 e. The maximum absolute atomic E-state index is 11.8. The van der Waals surface area contributed by atoms with Crippen LogP contribution in [0.15, 0.2) is 24.5 Å². The fraction of sp³-hybridized carbons (Fsp3) is 0.500. The van der Waals surface area contributed by atoms with Crippen molar-refractivity contribution in [3.05, 3.63) is 30.1 Å². The molecule has 0 radical (unpaired) electrons. The molecule has 1 atom stereocenters. The molecule has 0 saturated heterocycles. The molecule has 0 fully saturated rings. The molecule has 4 heteroatoms. The van der Waals surface area contributed by atoms with Gasteiger partial charge in [0.15, 0.2) is 0 Å². The van der Waals surface area contributed by atoms with Crippen LogP contribution in [0.1, 0.15) is 19.4 Å². The molecular weight excluding hydrogens is 202 g/mol. The first-order valence-electron chi connectivity index (χ1n) is 5.52. The van der Waals surface area contributed by atoms with Gasteiger partial charge in [0, 0.05) is 25.0 Å². The topological polar surface area (TPSA) is 68.0 Å². The minimum atomic E-state index is -0.174. The molecule has 3 N–H and O–H groups in total. The number of hydrogen-bond acceptors (Lipinski definition) is 3. The normalized spacial score (nSPS) is 12.5. The molecule has 1 rings (SSSR count). The Morgan fingerprint density at radius 3 is 2.81 bits per heavy atom. The van der Waals surface area contributed by atoms with Gasteiger partial charge in [-0.3, -0.25) is 9.78 Å². The van der Waals surface area contributed by atoms with Gasteiger partial charge < -0.3 is 11.1 Å². The van der Waals surface area contributed by atoms with Crippen LogP contribution in [0.3, 0.4) is 0 Å². The quantitative estimate of drug-likeness (QED) is 0.770. The predicted octanol–water partition coefficient (Wildman–Crippen LogP) is 0.724. The molecule has 0 saturated carbocycles. The third-order valence-electron chi connectivity index (χ3n) is 2.29. The zero-order chi connectivity index (χ0) is 12.0. The highest BCUT2D eigenvalue weighted by atomic mass is 16.1. The Morgan fingerprint density at radius 1 is 1.56 bits per heavy atom. The molecule has 88 valence electrons. The number of nitrogens with one attached hydrogen (secondary N) is 1. The van der Waals surface area contributed by atoms with Crippen molar-refractivity contribution in [3.8, 4) is 0 Å². The Labute approximate surface area is 96.3 Å². The molecule has 1 amide bonds. The summed E-state index contributed by atoms with van der Waals surface area (Å²) in [6.45, 7) is 4.23. The lowest BCUT2D eigenvalue weighted by Gasteiger charge is -2.16. The van der Waals surface area contributed by atoms with E-state index in [4.69, 9.17) is 5.73 Å². The van der Waals surface area contributed by atoms with E-state index in [2.05, 4.69) is 10.3 Å². The summed E-state index contributed by atoms with van der Waals surface area (Å²) in [5, 5.41) is 2.87. The maximum atomic E-state index is 11.8. The van der Waals surface area contributed by atoms with E-state index in [9.17, 15) is 4.79 Å². The second-order valence-corrected chi connectivity index (χ2v) is 4.16. The van der Waals surface area contributed by atoms with Crippen molar-refractivity contribution in [2.75, 3.05) is 6.54 Å². The zero-order valence-corrected chi connectivity index (χ0v) is 9.81. The van der Waals surface area contributed by atoms with Gasteiger partial charge in [-0.1, -0.05) is 6.07 Å². The zero-order valence-electron chi connectivity index (χ0n) is 9.81. The lowest BCUT2D eigenvalue weighted by atomic mass is 9.99. The molecule has 0 aromatic carbocycles. The molecule has 0 aliphatic rings. The van der Waals surface area contributed by atoms with E-state index in [1.807, 2.05) is 26.0 Å². The van der Waals surface area contributed by atoms with E-state index in [1.54, 1.807) is 12.4 Å². The minimum absolute atomic E-state index is 0.0151. The van der Waals surface area contributed by atoms with Crippen LogP contribution in [0.25, 0.3) is 0 Å². The van der Waals surface area contributed by atoms with Gasteiger partial charge in [0.25, 0.3) is 0 Å². The summed E-state index contributed by atoms with van der Waals surface area (Å²) in [5.41, 5.74) is 6.65. The highest BCUT2D eigenvalue weighted by Crippen LogP contribution is 2.07. The molecular formula is C12H19N3O. The molecule has 1 aromatic heterocycles. The monoisotopic (exact) mass is 221 g/mol. The van der Waals surface area contributed by atoms with Crippen molar-refractivity contribution in [1.29, 1.82) is 0 Å². The second kappa shape index (κ2) is 6.23. The summed E-state index contributed by atoms with van der Waals surface area (Å²) in [4.78, 5) is 15.8. The molecule has 1 unspecified atom stereocenters. The Kier molecular flexibility index (Phi) is 4.92. The standard InChI is InChI=1S/C12H19N3O/c1-9(2)15-12(16)11(7-13)6-10-4-3-5-14-8-10/h3-5,8-9,11H,6-7,13H2,1-2H3,(H,15,16). The highest BCUT2D eigenvalue weighted by Gasteiger charge is 2.17. The first-order chi connectivity index (χ1) is 7.63. The van der Waals surface area contributed by atoms with Crippen LogP contribution in [0, 0.1) is 5.92 Å². The Bertz CT molecular complexity index is 324. The lowest BCUT2D eigenvalue weighted by Crippen LogP contribution is -2.39. The van der Waals surface area contributed by atoms with Crippen molar-refractivity contribution < 1.29 is 4.79 Å². The molecule has 16 heavy (non-hydrogen) atoms. The second-order valence-electron chi connectivity index (χ2n) is 4.16. The van der Waals surface area contributed by atoms with Crippen LogP contribution in [0.4, 0.5) is 0 Å². The van der Waals surface area contributed by atoms with E-state index in [-0.39, 0.29) is 17.9 Å². The fourth-order valence-corrected chi connectivity index (χ4v) is 1.49. The predicted molar refractivity (Wildman–Crippen MR) is 63.8 cm³/mol. The largest absolute Gasteiger partial charge is 0.354 e. The van der Waals surface area contributed by atoms with Gasteiger partial charge in [-0.05, 0) is 31.9 Å². The van der Waals surface area contributed by atoms with Crippen molar-refractivity contribution in [3.63, 3.8) is 0 Å². The van der Waals surface area contributed by atoms with Crippen molar-refractivity contribution in [2.45, 2.75) is 26.3 Å². The molecule has 4 nitrogen and oxygen atoms in total. The summed E-state index contributed by atoms with van der Waals surface area (Å²) in [5.74, 6) is -0.159. The SMILES string of the molecule is CC(C)NC(=O)C(CN)Cc1cccnc1. The number of hydrogen-bond donors (Lipinski definition) is 2. The number of nitrogens with zero attached hydrogens (tertiary/aromatic N) is 1. The van der Waals surface area contributed by atoms with Gasteiger partial charge in [0.05, 0.1) is 5.92 Å². The van der Waals surface area contributed by atoms with Gasteiger partial charge in [-0.15, -0.1) is 0 Å². The van der Waals surface area contributed by atoms with Gasteiger partial charge in [-0.25, -0.2) is 0 Å². The number of pyridine rings is 1. The number of carbonyl (C=O) groups excluding carboxylic acids is 1. The Morgan fingerprint density at radius 2 is 2.31 bits per heavy atom. The van der Waals surface area contributed by atoms with E-state index in [1.165, 1.54) is 0 Å². The van der Waals surface area contributed by atoms with Crippen LogP contribution in [0.5, 0.6) is 0 Å². The summed E-state index contributed by atoms with van der Waals surface area (Å²) in [6.07, 6.45) is 4.13. The molecule has 0 aliphatic carbocycles. The van der Waals surface area contributed by atoms with Crippen molar-refractivity contribution in [1.82, 2.24) is 10.3 Å². The first-order valence-corrected chi connectivity index (χ1v) is 5.52. The number of amides is 1. The van der Waals surface area contributed by atoms with Crippen molar-refractivity contribution >= 4 is 5.91 Å². The highest BCUT2D eigenvalue weighted by molar-refractivity contribution is 5.79. The number of rotatable bonds is 5. The molecule has 0 bridgehead atoms. The Hall–Kier alpha value is -1.42. The van der Waals surface area contributed by atoms with E-state index in [0.717, 1.165) is 5.56 Å². The molecule has 1 heterocycles. The van der Waals surface area contributed by atoms with Crippen molar-refractivity contribution in [2.24, 2.45) is 11.7 Å². The van der Waals surface area contributed by atoms with Crippen LogP contribution >= 0.6 is 0 Å². The number of nitrogens with two attached hydrogens (primary N) is 1. The van der Waals surface area contributed by atoms with Crippen LogP contribution < -0.4 is 11.1 Å². The minimum Gasteiger partial charge on any atom is -0.354 e. The lowest BCUT2D eigenvalue weighted by molar-refractivity contribution is -0.125. The third-order valence-corrected chi connectivity index (χ3v) is 2.29. The third kappa shape index (κ3) is 3.98. The smallest absolute Gasteiger partial charge is 0.224 e. The summed E-state index contributed by atoms with van der Waals surface area (Å²) in [7, 11) is 0. The van der Waals surface area contributed by atoms with Gasteiger partial charge in [0.2, 0.25) is 5.91 Å². The fourth-order valence-electron chi connectivity index (χ4n) is 1.49. The van der Waals surface area contributed by atoms with Gasteiger partial charge in [-0.2, -0.15) is 0 Å². The summed E-state index contributed by atoms with van der Waals surface area (Å²) >= 11 is 0. The molecule has 1 aromatic rings. The molecule has 0 spiro atoms. The van der Waals surface area contributed by atoms with E-state index in [0.29, 0.717) is 13.0 Å². The number of aromatic nitrogens is 1. The Balaban J connectivity index is 2.58. The van der Waals surface area contributed by atoms with E-state index >= 15 is 0 Å². The summed E-state index contributed by atoms with van der Waals surface area (Å²) < 4.78 is 0. The van der Waals surface area contributed by atoms with Gasteiger partial charge >= 0.3 is 0 Å². The first kappa shape index (κ1) is 12.6. The summed E-state index contributed by atoms with van der Waals surface area (Å²) in [6, 6.07) is 3.97. The molecule has 0 aliphatic heterocycles.